The zero-order valence-electron chi connectivity index (χ0n) is 21.2. The predicted molar refractivity (Wildman–Crippen MR) is 149 cm³/mol. The Bertz CT molecular complexity index is 1480. The number of aromatic nitrogens is 3. The number of hydrogen-bond acceptors (Lipinski definition) is 4. The first-order chi connectivity index (χ1) is 18.7. The molecule has 0 amide bonds. The molecule has 1 aliphatic heterocycles. The maximum Gasteiger partial charge on any atom is 0.416 e. The second-order valence-electron chi connectivity index (χ2n) is 9.68. The van der Waals surface area contributed by atoms with Crippen molar-refractivity contribution < 1.29 is 17.9 Å². The van der Waals surface area contributed by atoms with Crippen LogP contribution in [-0.2, 0) is 12.7 Å². The van der Waals surface area contributed by atoms with Crippen LogP contribution in [0.15, 0.2) is 48.8 Å². The van der Waals surface area contributed by atoms with Crippen molar-refractivity contribution >= 4 is 46.3 Å². The highest BCUT2D eigenvalue weighted by Gasteiger charge is 2.34. The van der Waals surface area contributed by atoms with E-state index in [1.54, 1.807) is 30.4 Å². The summed E-state index contributed by atoms with van der Waals surface area (Å²) in [5.74, 6) is 0.566. The normalized spacial score (nSPS) is 15.7. The van der Waals surface area contributed by atoms with E-state index in [2.05, 4.69) is 20.1 Å². The van der Waals surface area contributed by atoms with E-state index in [0.29, 0.717) is 44.7 Å². The molecule has 1 N–H and O–H groups in total. The maximum absolute atomic E-state index is 13.9. The number of halogens is 5. The van der Waals surface area contributed by atoms with Crippen LogP contribution in [0.1, 0.15) is 60.2 Å². The van der Waals surface area contributed by atoms with E-state index in [1.165, 1.54) is 18.5 Å². The summed E-state index contributed by atoms with van der Waals surface area (Å²) >= 11 is 12.5. The number of fused-ring (bicyclic) bond motifs is 1. The number of hydrogen-bond donors (Lipinski definition) is 1. The highest BCUT2D eigenvalue weighted by molar-refractivity contribution is 6.35. The fourth-order valence-corrected chi connectivity index (χ4v) is 5.59. The third-order valence-corrected chi connectivity index (χ3v) is 7.49. The molecule has 1 saturated heterocycles. The van der Waals surface area contributed by atoms with Crippen molar-refractivity contribution in [2.24, 2.45) is 0 Å². The minimum atomic E-state index is -4.43. The maximum atomic E-state index is 13.9. The Labute approximate surface area is 234 Å². The summed E-state index contributed by atoms with van der Waals surface area (Å²) in [6.45, 7) is 3.80. The van der Waals surface area contributed by atoms with Crippen molar-refractivity contribution in [1.82, 2.24) is 20.1 Å². The highest BCUT2D eigenvalue weighted by Crippen LogP contribution is 2.35. The van der Waals surface area contributed by atoms with Gasteiger partial charge in [-0.25, -0.2) is 0 Å². The van der Waals surface area contributed by atoms with E-state index in [4.69, 9.17) is 27.9 Å². The Morgan fingerprint density at radius 2 is 1.77 bits per heavy atom. The minimum absolute atomic E-state index is 0.303. The molecule has 10 heteroatoms. The van der Waals surface area contributed by atoms with Crippen LogP contribution in [0, 0.1) is 0 Å². The van der Waals surface area contributed by atoms with Crippen LogP contribution in [0.3, 0.4) is 0 Å². The second-order valence-corrected chi connectivity index (χ2v) is 10.5. The number of alkyl halides is 3. The average Bonchev–Trinajstić information content (AvgIpc) is 3.30. The Hall–Kier alpha value is -3.07. The summed E-state index contributed by atoms with van der Waals surface area (Å²) in [7, 11) is 0. The molecule has 1 fully saturated rings. The molecule has 5 rings (SSSR count). The fraction of sp³-hybridized carbons (Fsp3) is 0.310. The van der Waals surface area contributed by atoms with E-state index in [1.807, 2.05) is 19.1 Å². The van der Waals surface area contributed by atoms with Crippen LogP contribution < -0.4 is 4.74 Å². The monoisotopic (exact) mass is 574 g/mol. The van der Waals surface area contributed by atoms with Gasteiger partial charge >= 0.3 is 6.18 Å². The van der Waals surface area contributed by atoms with Crippen molar-refractivity contribution in [2.45, 2.75) is 45.0 Å². The van der Waals surface area contributed by atoms with Crippen LogP contribution >= 0.6 is 23.2 Å². The molecule has 1 atom stereocenters. The van der Waals surface area contributed by atoms with Crippen LogP contribution in [0.5, 0.6) is 5.75 Å². The summed E-state index contributed by atoms with van der Waals surface area (Å²) in [6, 6.07) is 9.96. The van der Waals surface area contributed by atoms with E-state index in [0.717, 1.165) is 43.3 Å². The van der Waals surface area contributed by atoms with Crippen LogP contribution in [0.4, 0.5) is 13.2 Å². The molecule has 3 heterocycles. The zero-order chi connectivity index (χ0) is 27.6. The van der Waals surface area contributed by atoms with E-state index < -0.39 is 17.8 Å². The van der Waals surface area contributed by atoms with Gasteiger partial charge < -0.3 is 4.74 Å². The van der Waals surface area contributed by atoms with Crippen LogP contribution in [0.25, 0.3) is 23.1 Å². The molecule has 0 bridgehead atoms. The first-order valence-electron chi connectivity index (χ1n) is 12.7. The highest BCUT2D eigenvalue weighted by atomic mass is 35.5. The number of benzene rings is 2. The molecule has 5 nitrogen and oxygen atoms in total. The van der Waals surface area contributed by atoms with Gasteiger partial charge in [-0.05, 0) is 74.3 Å². The van der Waals surface area contributed by atoms with Crippen molar-refractivity contribution in [3.8, 4) is 5.75 Å². The molecule has 1 unspecified atom stereocenters. The standard InChI is InChI=1S/C29H27Cl2F3N4O/c1-18(28-24(30)15-35-16-25(28)31)39-21-8-10-27-22(14-21)26(36-37-27)9-6-19-5-7-20(23(13-19)29(32,33)34)17-38-11-3-2-4-12-38/h5-10,13-16,18H,2-4,11-12,17H2,1H3,(H,36,37)/b9-6+. The van der Waals surface area contributed by atoms with E-state index in [9.17, 15) is 13.2 Å². The molecular weight excluding hydrogens is 548 g/mol. The average molecular weight is 575 g/mol. The minimum Gasteiger partial charge on any atom is -0.486 e. The smallest absolute Gasteiger partial charge is 0.416 e. The number of pyridine rings is 1. The third-order valence-electron chi connectivity index (χ3n) is 6.89. The molecular formula is C29H27Cl2F3N4O. The Balaban J connectivity index is 1.38. The first kappa shape index (κ1) is 27.5. The topological polar surface area (TPSA) is 54.0 Å². The Kier molecular flexibility index (Phi) is 8.16. The molecule has 0 spiro atoms. The number of nitrogens with zero attached hydrogens (tertiary/aromatic N) is 3. The quantitative estimate of drug-likeness (QED) is 0.240. The molecule has 0 radical (unpaired) electrons. The predicted octanol–water partition coefficient (Wildman–Crippen LogP) is 8.58. The van der Waals surface area contributed by atoms with Crippen molar-refractivity contribution in [2.75, 3.05) is 13.1 Å². The van der Waals surface area contributed by atoms with Gasteiger partial charge in [0.15, 0.2) is 0 Å². The van der Waals surface area contributed by atoms with Crippen LogP contribution in [-0.4, -0.2) is 33.2 Å². The van der Waals surface area contributed by atoms with Gasteiger partial charge in [0.05, 0.1) is 26.8 Å². The molecule has 1 aliphatic rings. The van der Waals surface area contributed by atoms with Gasteiger partial charge in [-0.3, -0.25) is 15.0 Å². The fourth-order valence-electron chi connectivity index (χ4n) is 4.92. The van der Waals surface area contributed by atoms with Gasteiger partial charge in [0.25, 0.3) is 0 Å². The summed E-state index contributed by atoms with van der Waals surface area (Å²) in [4.78, 5) is 6.06. The first-order valence-corrected chi connectivity index (χ1v) is 13.5. The lowest BCUT2D eigenvalue weighted by Gasteiger charge is -2.27. The van der Waals surface area contributed by atoms with E-state index in [-0.39, 0.29) is 0 Å². The number of H-pyrrole nitrogens is 1. The summed E-state index contributed by atoms with van der Waals surface area (Å²) in [6.07, 6.45) is 4.66. The summed E-state index contributed by atoms with van der Waals surface area (Å²) in [5.41, 5.74) is 2.13. The SMILES string of the molecule is CC(Oc1ccc2[nH]nc(/C=C/c3ccc(CN4CCCCC4)c(C(F)(F)F)c3)c2c1)c1c(Cl)cncc1Cl. The molecule has 4 aromatic rings. The van der Waals surface area contributed by atoms with Crippen molar-refractivity contribution in [3.63, 3.8) is 0 Å². The molecule has 0 aliphatic carbocycles. The third kappa shape index (κ3) is 6.40. The van der Waals surface area contributed by atoms with Crippen molar-refractivity contribution in [3.05, 3.63) is 86.8 Å². The van der Waals surface area contributed by atoms with Crippen LogP contribution in [0.2, 0.25) is 10.0 Å². The number of ether oxygens (including phenoxy) is 1. The number of rotatable bonds is 7. The van der Waals surface area contributed by atoms with Crippen molar-refractivity contribution in [1.29, 1.82) is 0 Å². The number of likely N-dealkylation sites (tertiary alicyclic amines) is 1. The summed E-state index contributed by atoms with van der Waals surface area (Å²) < 4.78 is 47.9. The van der Waals surface area contributed by atoms with Gasteiger partial charge in [-0.15, -0.1) is 0 Å². The number of nitrogens with one attached hydrogen (secondary N) is 1. The van der Waals surface area contributed by atoms with Gasteiger partial charge in [-0.1, -0.05) is 47.8 Å². The molecule has 2 aromatic carbocycles. The zero-order valence-corrected chi connectivity index (χ0v) is 22.7. The molecule has 204 valence electrons. The van der Waals surface area contributed by atoms with E-state index >= 15 is 0 Å². The summed E-state index contributed by atoms with van der Waals surface area (Å²) in [5, 5.41) is 8.86. The number of aromatic amines is 1. The van der Waals surface area contributed by atoms with Gasteiger partial charge in [0, 0.05) is 29.9 Å². The lowest BCUT2D eigenvalue weighted by molar-refractivity contribution is -0.138. The Morgan fingerprint density at radius 1 is 1.03 bits per heavy atom. The van der Waals surface area contributed by atoms with Gasteiger partial charge in [0.2, 0.25) is 0 Å². The second kappa shape index (κ2) is 11.6. The Morgan fingerprint density at radius 3 is 2.49 bits per heavy atom. The molecule has 39 heavy (non-hydrogen) atoms. The lowest BCUT2D eigenvalue weighted by Crippen LogP contribution is -2.30. The number of piperidine rings is 1. The van der Waals surface area contributed by atoms with Gasteiger partial charge in [0.1, 0.15) is 11.9 Å². The molecule has 0 saturated carbocycles. The molecule has 2 aromatic heterocycles. The lowest BCUT2D eigenvalue weighted by atomic mass is 10.0. The largest absolute Gasteiger partial charge is 0.486 e. The van der Waals surface area contributed by atoms with Gasteiger partial charge in [-0.2, -0.15) is 18.3 Å².